The zero-order chi connectivity index (χ0) is 13.8. The summed E-state index contributed by atoms with van der Waals surface area (Å²) in [5.74, 6) is 0.313. The molecule has 0 bridgehead atoms. The minimum atomic E-state index is -0.305. The summed E-state index contributed by atoms with van der Waals surface area (Å²) in [6.45, 7) is 2.22. The van der Waals surface area contributed by atoms with Gasteiger partial charge in [-0.1, -0.05) is 34.1 Å². The minimum absolute atomic E-state index is 0.273. The molecule has 1 atom stereocenters. The summed E-state index contributed by atoms with van der Waals surface area (Å²) in [7, 11) is 0. The van der Waals surface area contributed by atoms with E-state index < -0.39 is 0 Å². The van der Waals surface area contributed by atoms with Crippen LogP contribution in [-0.4, -0.2) is 0 Å². The van der Waals surface area contributed by atoms with Crippen molar-refractivity contribution in [1.82, 2.24) is 0 Å². The van der Waals surface area contributed by atoms with E-state index in [1.54, 1.807) is 13.0 Å². The molecule has 0 heterocycles. The molecule has 2 N–H and O–H groups in total. The smallest absolute Gasteiger partial charge is 0.124 e. The normalized spacial score (nSPS) is 12.2. The molecule has 0 aromatic heterocycles. The first kappa shape index (κ1) is 14.0. The second-order valence-electron chi connectivity index (χ2n) is 4.35. The lowest BCUT2D eigenvalue weighted by Gasteiger charge is -2.14. The molecule has 2 rings (SSSR count). The number of halogens is 2. The van der Waals surface area contributed by atoms with Gasteiger partial charge in [-0.2, -0.15) is 0 Å². The molecule has 0 saturated heterocycles. The van der Waals surface area contributed by atoms with Crippen molar-refractivity contribution in [2.75, 3.05) is 0 Å². The van der Waals surface area contributed by atoms with Crippen LogP contribution in [0.4, 0.5) is 4.39 Å². The van der Waals surface area contributed by atoms with Gasteiger partial charge in [0.2, 0.25) is 0 Å². The van der Waals surface area contributed by atoms with Crippen LogP contribution in [0.1, 0.15) is 24.1 Å². The van der Waals surface area contributed by atoms with Gasteiger partial charge in [-0.15, -0.1) is 0 Å². The van der Waals surface area contributed by atoms with Gasteiger partial charge in [0.1, 0.15) is 18.2 Å². The Balaban J connectivity index is 2.18. The molecular formula is C15H15BrFNO. The van der Waals surface area contributed by atoms with Gasteiger partial charge in [0.15, 0.2) is 0 Å². The monoisotopic (exact) mass is 323 g/mol. The van der Waals surface area contributed by atoms with E-state index in [1.807, 2.05) is 24.3 Å². The van der Waals surface area contributed by atoms with Crippen LogP contribution in [0.15, 0.2) is 46.9 Å². The molecule has 0 aliphatic carbocycles. The summed E-state index contributed by atoms with van der Waals surface area (Å²) in [5.41, 5.74) is 7.53. The molecule has 0 spiro atoms. The van der Waals surface area contributed by atoms with Crippen LogP contribution in [0.2, 0.25) is 0 Å². The first-order valence-corrected chi connectivity index (χ1v) is 6.78. The van der Waals surface area contributed by atoms with Crippen LogP contribution in [0.25, 0.3) is 0 Å². The maximum absolute atomic E-state index is 13.2. The van der Waals surface area contributed by atoms with E-state index in [-0.39, 0.29) is 11.9 Å². The Morgan fingerprint density at radius 3 is 2.68 bits per heavy atom. The lowest BCUT2D eigenvalue weighted by atomic mass is 10.1. The largest absolute Gasteiger partial charge is 0.489 e. The van der Waals surface area contributed by atoms with Gasteiger partial charge < -0.3 is 10.5 Å². The molecule has 2 nitrogen and oxygen atoms in total. The average Bonchev–Trinajstić information content (AvgIpc) is 2.38. The van der Waals surface area contributed by atoms with Crippen molar-refractivity contribution in [3.8, 4) is 5.75 Å². The number of nitrogens with two attached hydrogens (primary N) is 1. The fourth-order valence-electron chi connectivity index (χ4n) is 1.78. The second kappa shape index (κ2) is 6.17. The van der Waals surface area contributed by atoms with Crippen molar-refractivity contribution in [3.63, 3.8) is 0 Å². The molecule has 100 valence electrons. The van der Waals surface area contributed by atoms with Gasteiger partial charge in [-0.3, -0.25) is 0 Å². The SMILES string of the molecule is CC(N)c1cc(F)ccc1OCc1ccccc1Br. The van der Waals surface area contributed by atoms with Gasteiger partial charge >= 0.3 is 0 Å². The third-order valence-corrected chi connectivity index (χ3v) is 3.58. The van der Waals surface area contributed by atoms with Gasteiger partial charge in [-0.25, -0.2) is 4.39 Å². The number of benzene rings is 2. The third kappa shape index (κ3) is 3.55. The molecule has 0 saturated carbocycles. The summed E-state index contributed by atoms with van der Waals surface area (Å²) >= 11 is 3.46. The summed E-state index contributed by atoms with van der Waals surface area (Å²) in [6.07, 6.45) is 0. The van der Waals surface area contributed by atoms with Crippen LogP contribution in [0.5, 0.6) is 5.75 Å². The topological polar surface area (TPSA) is 35.2 Å². The van der Waals surface area contributed by atoms with E-state index in [9.17, 15) is 4.39 Å². The zero-order valence-electron chi connectivity index (χ0n) is 10.6. The maximum atomic E-state index is 13.2. The first-order valence-electron chi connectivity index (χ1n) is 5.99. The van der Waals surface area contributed by atoms with Crippen LogP contribution in [0, 0.1) is 5.82 Å². The Morgan fingerprint density at radius 1 is 1.26 bits per heavy atom. The van der Waals surface area contributed by atoms with Crippen LogP contribution >= 0.6 is 15.9 Å². The highest BCUT2D eigenvalue weighted by atomic mass is 79.9. The van der Waals surface area contributed by atoms with Crippen molar-refractivity contribution in [2.45, 2.75) is 19.6 Å². The van der Waals surface area contributed by atoms with E-state index >= 15 is 0 Å². The van der Waals surface area contributed by atoms with Crippen molar-refractivity contribution in [2.24, 2.45) is 5.73 Å². The molecule has 2 aromatic carbocycles. The Kier molecular flexibility index (Phi) is 4.56. The second-order valence-corrected chi connectivity index (χ2v) is 5.21. The molecule has 0 radical (unpaired) electrons. The van der Waals surface area contributed by atoms with Crippen LogP contribution in [-0.2, 0) is 6.61 Å². The fourth-order valence-corrected chi connectivity index (χ4v) is 2.18. The standard InChI is InChI=1S/C15H15BrFNO/c1-10(18)13-8-12(17)6-7-15(13)19-9-11-4-2-3-5-14(11)16/h2-8,10H,9,18H2,1H3. The molecular weight excluding hydrogens is 309 g/mol. The quantitative estimate of drug-likeness (QED) is 0.915. The molecule has 0 fully saturated rings. The number of rotatable bonds is 4. The Hall–Kier alpha value is -1.39. The molecule has 1 unspecified atom stereocenters. The first-order chi connectivity index (χ1) is 9.08. The number of hydrogen-bond donors (Lipinski definition) is 1. The van der Waals surface area contributed by atoms with Crippen molar-refractivity contribution < 1.29 is 9.13 Å². The summed E-state index contributed by atoms with van der Waals surface area (Å²) in [4.78, 5) is 0. The van der Waals surface area contributed by atoms with Gasteiger partial charge in [0.05, 0.1) is 0 Å². The Bertz CT molecular complexity index is 572. The summed E-state index contributed by atoms with van der Waals surface area (Å²) < 4.78 is 19.9. The molecule has 2 aromatic rings. The van der Waals surface area contributed by atoms with Crippen LogP contribution < -0.4 is 10.5 Å². The Morgan fingerprint density at radius 2 is 2.00 bits per heavy atom. The van der Waals surface area contributed by atoms with E-state index in [1.165, 1.54) is 12.1 Å². The fraction of sp³-hybridized carbons (Fsp3) is 0.200. The van der Waals surface area contributed by atoms with Gasteiger partial charge in [-0.05, 0) is 31.2 Å². The number of ether oxygens (including phenoxy) is 1. The van der Waals surface area contributed by atoms with E-state index in [0.29, 0.717) is 17.9 Å². The number of hydrogen-bond acceptors (Lipinski definition) is 2. The summed E-state index contributed by atoms with van der Waals surface area (Å²) in [5, 5.41) is 0. The predicted molar refractivity (Wildman–Crippen MR) is 77.5 cm³/mol. The molecule has 0 aliphatic rings. The van der Waals surface area contributed by atoms with E-state index in [0.717, 1.165) is 10.0 Å². The predicted octanol–water partition coefficient (Wildman–Crippen LogP) is 4.19. The molecule has 0 amide bonds. The maximum Gasteiger partial charge on any atom is 0.124 e. The molecule has 19 heavy (non-hydrogen) atoms. The van der Waals surface area contributed by atoms with Crippen LogP contribution in [0.3, 0.4) is 0 Å². The summed E-state index contributed by atoms with van der Waals surface area (Å²) in [6, 6.07) is 11.9. The van der Waals surface area contributed by atoms with Crippen molar-refractivity contribution in [1.29, 1.82) is 0 Å². The molecule has 4 heteroatoms. The zero-order valence-corrected chi connectivity index (χ0v) is 12.2. The van der Waals surface area contributed by atoms with E-state index in [2.05, 4.69) is 15.9 Å². The third-order valence-electron chi connectivity index (χ3n) is 2.80. The molecule has 0 aliphatic heterocycles. The highest BCUT2D eigenvalue weighted by Gasteiger charge is 2.10. The minimum Gasteiger partial charge on any atom is -0.489 e. The lowest BCUT2D eigenvalue weighted by Crippen LogP contribution is -2.08. The Labute approximate surface area is 120 Å². The van der Waals surface area contributed by atoms with E-state index in [4.69, 9.17) is 10.5 Å². The van der Waals surface area contributed by atoms with Crippen molar-refractivity contribution >= 4 is 15.9 Å². The van der Waals surface area contributed by atoms with Gasteiger partial charge in [0.25, 0.3) is 0 Å². The highest BCUT2D eigenvalue weighted by Crippen LogP contribution is 2.26. The van der Waals surface area contributed by atoms with Gasteiger partial charge in [0, 0.05) is 21.6 Å². The lowest BCUT2D eigenvalue weighted by molar-refractivity contribution is 0.300. The average molecular weight is 324 g/mol. The van der Waals surface area contributed by atoms with Crippen molar-refractivity contribution in [3.05, 3.63) is 63.9 Å². The highest BCUT2D eigenvalue weighted by molar-refractivity contribution is 9.10.